The maximum absolute atomic E-state index is 11.9. The number of nitrogens with one attached hydrogen (secondary N) is 1. The van der Waals surface area contributed by atoms with Crippen LogP contribution in [0, 0.1) is 0 Å². The van der Waals surface area contributed by atoms with Gasteiger partial charge in [0, 0.05) is 18.2 Å². The summed E-state index contributed by atoms with van der Waals surface area (Å²) < 4.78 is 5.54. The topological polar surface area (TPSA) is 41.6 Å². The van der Waals surface area contributed by atoms with Crippen molar-refractivity contribution in [1.29, 1.82) is 0 Å². The number of carbonyl (C=O) groups is 1. The Labute approximate surface area is 125 Å². The summed E-state index contributed by atoms with van der Waals surface area (Å²) in [5.41, 5.74) is 1.01. The second kappa shape index (κ2) is 7.62. The Morgan fingerprint density at radius 2 is 2.30 bits per heavy atom. The molecular formula is C15H21ClN2O2. The van der Waals surface area contributed by atoms with Crippen molar-refractivity contribution in [3.63, 3.8) is 0 Å². The number of unbranched alkanes of at least 4 members (excludes halogenated alkanes) is 1. The van der Waals surface area contributed by atoms with Gasteiger partial charge in [-0.05, 0) is 24.1 Å². The number of carbonyl (C=O) groups excluding carboxylic acids is 1. The molecule has 1 aliphatic rings. The molecule has 0 aromatic heterocycles. The van der Waals surface area contributed by atoms with Crippen molar-refractivity contribution in [3.8, 4) is 0 Å². The molecule has 1 aromatic carbocycles. The highest BCUT2D eigenvalue weighted by Crippen LogP contribution is 2.24. The third-order valence-electron chi connectivity index (χ3n) is 3.36. The van der Waals surface area contributed by atoms with Gasteiger partial charge in [-0.15, -0.1) is 0 Å². The highest BCUT2D eigenvalue weighted by atomic mass is 35.5. The quantitative estimate of drug-likeness (QED) is 0.786. The van der Waals surface area contributed by atoms with E-state index in [1.807, 2.05) is 29.2 Å². The minimum absolute atomic E-state index is 0.101. The van der Waals surface area contributed by atoms with Gasteiger partial charge >= 0.3 is 0 Å². The first-order valence-electron chi connectivity index (χ1n) is 7.08. The largest absolute Gasteiger partial charge is 0.380 e. The molecule has 2 rings (SSSR count). The number of hydrogen-bond acceptors (Lipinski definition) is 3. The van der Waals surface area contributed by atoms with Crippen LogP contribution in [0.4, 0.5) is 0 Å². The maximum atomic E-state index is 11.9. The van der Waals surface area contributed by atoms with Crippen LogP contribution < -0.4 is 5.32 Å². The SMILES string of the molecule is CCCCOCCN1C(=O)CNC1c1cccc(Cl)c1. The van der Waals surface area contributed by atoms with Gasteiger partial charge < -0.3 is 9.64 Å². The number of ether oxygens (including phenoxy) is 1. The zero-order valence-corrected chi connectivity index (χ0v) is 12.5. The van der Waals surface area contributed by atoms with Gasteiger partial charge in [0.05, 0.1) is 13.2 Å². The fourth-order valence-corrected chi connectivity index (χ4v) is 2.48. The average Bonchev–Trinajstić information content (AvgIpc) is 2.80. The van der Waals surface area contributed by atoms with Crippen molar-refractivity contribution in [2.24, 2.45) is 0 Å². The molecule has 1 fully saturated rings. The standard InChI is InChI=1S/C15H21ClN2O2/c1-2-3-8-20-9-7-18-14(19)11-17-15(18)12-5-4-6-13(16)10-12/h4-6,10,15,17H,2-3,7-9,11H2,1H3. The lowest BCUT2D eigenvalue weighted by Crippen LogP contribution is -2.33. The Kier molecular flexibility index (Phi) is 5.83. The minimum Gasteiger partial charge on any atom is -0.380 e. The number of amides is 1. The van der Waals surface area contributed by atoms with E-state index in [-0.39, 0.29) is 12.1 Å². The van der Waals surface area contributed by atoms with Crippen molar-refractivity contribution < 1.29 is 9.53 Å². The number of benzene rings is 1. The first-order chi connectivity index (χ1) is 9.72. The van der Waals surface area contributed by atoms with E-state index in [0.29, 0.717) is 24.7 Å². The Morgan fingerprint density at radius 3 is 3.05 bits per heavy atom. The van der Waals surface area contributed by atoms with Crippen LogP contribution in [0.5, 0.6) is 0 Å². The molecule has 1 saturated heterocycles. The van der Waals surface area contributed by atoms with Crippen LogP contribution in [-0.4, -0.2) is 37.1 Å². The van der Waals surface area contributed by atoms with Gasteiger partial charge in [0.25, 0.3) is 0 Å². The Balaban J connectivity index is 1.93. The molecular weight excluding hydrogens is 276 g/mol. The van der Waals surface area contributed by atoms with Crippen LogP contribution in [0.25, 0.3) is 0 Å². The smallest absolute Gasteiger partial charge is 0.238 e. The number of hydrogen-bond donors (Lipinski definition) is 1. The molecule has 0 saturated carbocycles. The Morgan fingerprint density at radius 1 is 1.45 bits per heavy atom. The maximum Gasteiger partial charge on any atom is 0.238 e. The summed E-state index contributed by atoms with van der Waals surface area (Å²) >= 11 is 6.01. The van der Waals surface area contributed by atoms with E-state index in [4.69, 9.17) is 16.3 Å². The highest BCUT2D eigenvalue weighted by Gasteiger charge is 2.31. The van der Waals surface area contributed by atoms with E-state index in [1.54, 1.807) is 0 Å². The van der Waals surface area contributed by atoms with Gasteiger partial charge in [-0.1, -0.05) is 37.1 Å². The average molecular weight is 297 g/mol. The molecule has 0 bridgehead atoms. The minimum atomic E-state index is -0.101. The zero-order chi connectivity index (χ0) is 14.4. The third-order valence-corrected chi connectivity index (χ3v) is 3.60. The van der Waals surface area contributed by atoms with E-state index < -0.39 is 0 Å². The third kappa shape index (κ3) is 3.95. The number of halogens is 1. The first kappa shape index (κ1) is 15.3. The molecule has 5 heteroatoms. The lowest BCUT2D eigenvalue weighted by molar-refractivity contribution is -0.128. The molecule has 1 unspecified atom stereocenters. The van der Waals surface area contributed by atoms with E-state index in [1.165, 1.54) is 0 Å². The van der Waals surface area contributed by atoms with Gasteiger partial charge in [-0.3, -0.25) is 10.1 Å². The lowest BCUT2D eigenvalue weighted by Gasteiger charge is -2.24. The van der Waals surface area contributed by atoms with Gasteiger partial charge in [0.2, 0.25) is 5.91 Å². The normalized spacial score (nSPS) is 18.8. The summed E-state index contributed by atoms with van der Waals surface area (Å²) in [4.78, 5) is 13.8. The predicted molar refractivity (Wildman–Crippen MR) is 79.6 cm³/mol. The molecule has 1 heterocycles. The van der Waals surface area contributed by atoms with Crippen LogP contribution in [0.15, 0.2) is 24.3 Å². The van der Waals surface area contributed by atoms with Crippen LogP contribution in [0.2, 0.25) is 5.02 Å². The summed E-state index contributed by atoms with van der Waals surface area (Å²) in [5, 5.41) is 3.90. The van der Waals surface area contributed by atoms with Crippen molar-refractivity contribution in [1.82, 2.24) is 10.2 Å². The molecule has 110 valence electrons. The van der Waals surface area contributed by atoms with Crippen molar-refractivity contribution >= 4 is 17.5 Å². The van der Waals surface area contributed by atoms with Crippen molar-refractivity contribution in [3.05, 3.63) is 34.9 Å². The van der Waals surface area contributed by atoms with Crippen LogP contribution in [0.3, 0.4) is 0 Å². The van der Waals surface area contributed by atoms with E-state index in [0.717, 1.165) is 25.0 Å². The molecule has 4 nitrogen and oxygen atoms in total. The molecule has 1 atom stereocenters. The number of nitrogens with zero attached hydrogens (tertiary/aromatic N) is 1. The van der Waals surface area contributed by atoms with Gasteiger partial charge in [0.15, 0.2) is 0 Å². The summed E-state index contributed by atoms with van der Waals surface area (Å²) in [6.45, 7) is 4.43. The van der Waals surface area contributed by atoms with Crippen LogP contribution in [0.1, 0.15) is 31.5 Å². The second-order valence-electron chi connectivity index (χ2n) is 4.89. The fourth-order valence-electron chi connectivity index (χ4n) is 2.28. The highest BCUT2D eigenvalue weighted by molar-refractivity contribution is 6.30. The molecule has 0 spiro atoms. The second-order valence-corrected chi connectivity index (χ2v) is 5.33. The van der Waals surface area contributed by atoms with Gasteiger partial charge in [-0.2, -0.15) is 0 Å². The van der Waals surface area contributed by atoms with Crippen LogP contribution in [-0.2, 0) is 9.53 Å². The van der Waals surface area contributed by atoms with Crippen molar-refractivity contribution in [2.45, 2.75) is 25.9 Å². The van der Waals surface area contributed by atoms with Crippen molar-refractivity contribution in [2.75, 3.05) is 26.3 Å². The Bertz CT molecular complexity index is 453. The van der Waals surface area contributed by atoms with E-state index >= 15 is 0 Å². The van der Waals surface area contributed by atoms with Crippen LogP contribution >= 0.6 is 11.6 Å². The summed E-state index contributed by atoms with van der Waals surface area (Å²) in [6.07, 6.45) is 2.08. The van der Waals surface area contributed by atoms with Gasteiger partial charge in [0.1, 0.15) is 6.17 Å². The molecule has 1 aromatic rings. The first-order valence-corrected chi connectivity index (χ1v) is 7.46. The summed E-state index contributed by atoms with van der Waals surface area (Å²) in [7, 11) is 0. The zero-order valence-electron chi connectivity index (χ0n) is 11.8. The fraction of sp³-hybridized carbons (Fsp3) is 0.533. The molecule has 0 aliphatic carbocycles. The monoisotopic (exact) mass is 296 g/mol. The van der Waals surface area contributed by atoms with E-state index in [2.05, 4.69) is 12.2 Å². The summed E-state index contributed by atoms with van der Waals surface area (Å²) in [6, 6.07) is 7.61. The molecule has 0 radical (unpaired) electrons. The van der Waals surface area contributed by atoms with E-state index in [9.17, 15) is 4.79 Å². The number of rotatable bonds is 7. The Hall–Kier alpha value is -1.10. The molecule has 1 amide bonds. The molecule has 1 N–H and O–H groups in total. The molecule has 20 heavy (non-hydrogen) atoms. The predicted octanol–water partition coefficient (Wildman–Crippen LogP) is 2.59. The lowest BCUT2D eigenvalue weighted by atomic mass is 10.1. The molecule has 1 aliphatic heterocycles. The summed E-state index contributed by atoms with van der Waals surface area (Å²) in [5.74, 6) is 0.106. The van der Waals surface area contributed by atoms with Gasteiger partial charge in [-0.25, -0.2) is 0 Å².